The van der Waals surface area contributed by atoms with Gasteiger partial charge in [0.2, 0.25) is 0 Å². The van der Waals surface area contributed by atoms with Gasteiger partial charge in [-0.3, -0.25) is 0 Å². The van der Waals surface area contributed by atoms with E-state index in [0.29, 0.717) is 0 Å². The van der Waals surface area contributed by atoms with Gasteiger partial charge in [-0.2, -0.15) is 0 Å². The van der Waals surface area contributed by atoms with E-state index in [1.54, 1.807) is 41.5 Å². The Morgan fingerprint density at radius 3 is 0.882 bits per heavy atom. The van der Waals surface area contributed by atoms with Gasteiger partial charge in [0.05, 0.1) is 17.4 Å². The third-order valence-electron chi connectivity index (χ3n) is 2.86. The van der Waals surface area contributed by atoms with Crippen LogP contribution in [0.5, 0.6) is 0 Å². The average molecular weight is 292 g/mol. The molecule has 0 heterocycles. The molecule has 0 saturated carbocycles. The van der Waals surface area contributed by atoms with Crippen molar-refractivity contribution in [3.05, 3.63) is 0 Å². The second-order valence-electron chi connectivity index (χ2n) is 5.82. The maximum atomic E-state index is 11.2. The van der Waals surface area contributed by atoms with Gasteiger partial charge in [-0.05, 0) is 10.8 Å². The Kier molecular flexibility index (Phi) is 11.2. The molecule has 17 heavy (non-hydrogen) atoms. The number of carbonyl (C=O) groups is 2. The Labute approximate surface area is 188 Å². The Morgan fingerprint density at radius 2 is 0.882 bits per heavy atom. The summed E-state index contributed by atoms with van der Waals surface area (Å²) >= 11 is 0. The third kappa shape index (κ3) is 4.61. The molecular weight excluding hydrogens is 274 g/mol. The Balaban J connectivity index is -0.000000980. The summed E-state index contributed by atoms with van der Waals surface area (Å²) in [5.41, 5.74) is -3.98. The van der Waals surface area contributed by atoms with Gasteiger partial charge in [0.25, 0.3) is 0 Å². The van der Waals surface area contributed by atoms with E-state index in [-0.39, 0.29) is 103 Å². The summed E-state index contributed by atoms with van der Waals surface area (Å²) in [6.45, 7) is 9.36. The fourth-order valence-electron chi connectivity index (χ4n) is 2.43. The molecule has 0 spiro atoms. The van der Waals surface area contributed by atoms with Crippen molar-refractivity contribution in [1.82, 2.24) is 0 Å². The van der Waals surface area contributed by atoms with Gasteiger partial charge < -0.3 is 19.8 Å². The monoisotopic (exact) mass is 292 g/mol. The summed E-state index contributed by atoms with van der Waals surface area (Å²) < 4.78 is 0. The number of carbonyl (C=O) groups excluding carboxylic acids is 2. The molecule has 0 saturated heterocycles. The molecule has 4 nitrogen and oxygen atoms in total. The predicted octanol–water partition coefficient (Wildman–Crippen LogP) is -6.43. The van der Waals surface area contributed by atoms with Crippen LogP contribution in [-0.2, 0) is 9.59 Å². The molecule has 0 unspecified atom stereocenters. The molecule has 88 valence electrons. The zero-order valence-corrected chi connectivity index (χ0v) is 18.4. The molecular formula is C11H18K2O4. The van der Waals surface area contributed by atoms with Gasteiger partial charge in [0.15, 0.2) is 0 Å². The standard InChI is InChI=1S/C11H20O4.2K/c1-9(2,3)11(7(12)13,8(14)15)10(4,5)6;;/h1-6H3,(H,12,13)(H,14,15);;/q;2*+1/p-2. The summed E-state index contributed by atoms with van der Waals surface area (Å²) in [6.07, 6.45) is 0. The van der Waals surface area contributed by atoms with E-state index in [1.165, 1.54) is 0 Å². The number of carboxylic acids is 2. The van der Waals surface area contributed by atoms with Crippen LogP contribution in [0, 0.1) is 16.2 Å². The van der Waals surface area contributed by atoms with Crippen LogP contribution in [0.4, 0.5) is 0 Å². The van der Waals surface area contributed by atoms with Gasteiger partial charge in [-0.15, -0.1) is 0 Å². The number of hydrogen-bond acceptors (Lipinski definition) is 4. The molecule has 6 heteroatoms. The molecule has 0 fully saturated rings. The fraction of sp³-hybridized carbons (Fsp3) is 0.818. The van der Waals surface area contributed by atoms with E-state index in [0.717, 1.165) is 0 Å². The first-order valence-electron chi connectivity index (χ1n) is 4.82. The van der Waals surface area contributed by atoms with Gasteiger partial charge in [-0.1, -0.05) is 41.5 Å². The molecule has 0 rings (SSSR count). The largest absolute Gasteiger partial charge is 1.00 e. The van der Waals surface area contributed by atoms with Gasteiger partial charge in [-0.25, -0.2) is 0 Å². The third-order valence-corrected chi connectivity index (χ3v) is 2.86. The maximum absolute atomic E-state index is 11.2. The van der Waals surface area contributed by atoms with E-state index < -0.39 is 28.2 Å². The minimum Gasteiger partial charge on any atom is -0.549 e. The summed E-state index contributed by atoms with van der Waals surface area (Å²) in [4.78, 5) is 22.4. The van der Waals surface area contributed by atoms with Crippen LogP contribution in [-0.4, -0.2) is 11.9 Å². The number of rotatable bonds is 2. The van der Waals surface area contributed by atoms with Crippen LogP contribution < -0.4 is 113 Å². The molecule has 0 aromatic heterocycles. The van der Waals surface area contributed by atoms with Crippen LogP contribution in [0.2, 0.25) is 0 Å². The van der Waals surface area contributed by atoms with Crippen LogP contribution in [0.3, 0.4) is 0 Å². The smallest absolute Gasteiger partial charge is 0.549 e. The summed E-state index contributed by atoms with van der Waals surface area (Å²) in [6, 6.07) is 0. The van der Waals surface area contributed by atoms with Crippen LogP contribution in [0.15, 0.2) is 0 Å². The van der Waals surface area contributed by atoms with Crippen molar-refractivity contribution in [2.24, 2.45) is 16.2 Å². The van der Waals surface area contributed by atoms with E-state index in [2.05, 4.69) is 0 Å². The van der Waals surface area contributed by atoms with E-state index in [4.69, 9.17) is 0 Å². The molecule has 0 aromatic rings. The van der Waals surface area contributed by atoms with Crippen molar-refractivity contribution in [3.8, 4) is 0 Å². The molecule has 0 radical (unpaired) electrons. The van der Waals surface area contributed by atoms with Crippen molar-refractivity contribution in [2.75, 3.05) is 0 Å². The number of aliphatic carboxylic acids is 2. The van der Waals surface area contributed by atoms with Crippen LogP contribution in [0.1, 0.15) is 41.5 Å². The van der Waals surface area contributed by atoms with Gasteiger partial charge in [0.1, 0.15) is 0 Å². The zero-order chi connectivity index (χ0) is 12.7. The molecule has 0 atom stereocenters. The first kappa shape index (κ1) is 24.2. The van der Waals surface area contributed by atoms with Crippen molar-refractivity contribution in [1.29, 1.82) is 0 Å². The molecule has 0 N–H and O–H groups in total. The van der Waals surface area contributed by atoms with E-state index >= 15 is 0 Å². The topological polar surface area (TPSA) is 80.3 Å². The minimum atomic E-state index is -2.01. The minimum absolute atomic E-state index is 0. The van der Waals surface area contributed by atoms with Crippen LogP contribution in [0.25, 0.3) is 0 Å². The molecule has 0 aliphatic heterocycles. The van der Waals surface area contributed by atoms with Crippen LogP contribution >= 0.6 is 0 Å². The Hall–Kier alpha value is 2.21. The van der Waals surface area contributed by atoms with E-state index in [9.17, 15) is 19.8 Å². The normalized spacial score (nSPS) is 12.1. The maximum Gasteiger partial charge on any atom is 1.00 e. The summed E-state index contributed by atoms with van der Waals surface area (Å²) in [5.74, 6) is -3.19. The average Bonchev–Trinajstić information content (AvgIpc) is 1.75. The second kappa shape index (κ2) is 7.85. The van der Waals surface area contributed by atoms with Crippen molar-refractivity contribution in [2.45, 2.75) is 41.5 Å². The molecule has 0 amide bonds. The SMILES string of the molecule is CC(C)(C)C(C(=O)[O-])(C(=O)[O-])C(C)(C)C.[K+].[K+]. The quantitative estimate of drug-likeness (QED) is 0.374. The summed E-state index contributed by atoms with van der Waals surface area (Å²) in [7, 11) is 0. The molecule has 0 aliphatic rings. The summed E-state index contributed by atoms with van der Waals surface area (Å²) in [5, 5.41) is 22.4. The van der Waals surface area contributed by atoms with Gasteiger partial charge in [0, 0.05) is 0 Å². The number of hydrogen-bond donors (Lipinski definition) is 0. The first-order chi connectivity index (χ1) is 6.39. The molecule has 0 bridgehead atoms. The Morgan fingerprint density at radius 1 is 0.706 bits per heavy atom. The van der Waals surface area contributed by atoms with Crippen molar-refractivity contribution >= 4 is 11.9 Å². The zero-order valence-electron chi connectivity index (χ0n) is 12.1. The molecule has 0 aromatic carbocycles. The van der Waals surface area contributed by atoms with Crippen molar-refractivity contribution in [3.63, 3.8) is 0 Å². The van der Waals surface area contributed by atoms with Crippen molar-refractivity contribution < 1.29 is 123 Å². The fourth-order valence-corrected chi connectivity index (χ4v) is 2.43. The molecule has 0 aliphatic carbocycles. The predicted molar refractivity (Wildman–Crippen MR) is 51.4 cm³/mol. The van der Waals surface area contributed by atoms with E-state index in [1.807, 2.05) is 0 Å². The number of carboxylic acid groups (broad SMARTS) is 2. The van der Waals surface area contributed by atoms with Gasteiger partial charge >= 0.3 is 103 Å². The second-order valence-corrected chi connectivity index (χ2v) is 5.82. The Bertz CT molecular complexity index is 257. The first-order valence-corrected chi connectivity index (χ1v) is 4.82.